The lowest BCUT2D eigenvalue weighted by Crippen LogP contribution is -2.27. The summed E-state index contributed by atoms with van der Waals surface area (Å²) in [5, 5.41) is 16.3. The summed E-state index contributed by atoms with van der Waals surface area (Å²) in [6.45, 7) is 0.211. The maximum Gasteiger partial charge on any atom is 0.254 e. The number of hydrogen-bond acceptors (Lipinski definition) is 5. The summed E-state index contributed by atoms with van der Waals surface area (Å²) < 4.78 is 4.79. The average Bonchev–Trinajstić information content (AvgIpc) is 3.09. The van der Waals surface area contributed by atoms with Gasteiger partial charge in [0.25, 0.3) is 5.91 Å². The van der Waals surface area contributed by atoms with Crippen molar-refractivity contribution >= 4 is 28.2 Å². The predicted molar refractivity (Wildman–Crippen MR) is 73.3 cm³/mol. The number of nitriles is 1. The van der Waals surface area contributed by atoms with E-state index in [1.807, 2.05) is 6.07 Å². The minimum Gasteiger partial charge on any atom is -0.472 e. The lowest BCUT2D eigenvalue weighted by molar-refractivity contribution is -0.116. The normalized spacial score (nSPS) is 9.75. The third-order valence-electron chi connectivity index (χ3n) is 2.46. The molecule has 0 aliphatic heterocycles. The van der Waals surface area contributed by atoms with Crippen LogP contribution in [0.4, 0.5) is 5.00 Å². The summed E-state index contributed by atoms with van der Waals surface area (Å²) in [5.74, 6) is -0.545. The Balaban J connectivity index is 1.76. The van der Waals surface area contributed by atoms with E-state index in [-0.39, 0.29) is 24.8 Å². The number of furan rings is 1. The van der Waals surface area contributed by atoms with Crippen molar-refractivity contribution in [3.63, 3.8) is 0 Å². The molecule has 2 amide bonds. The van der Waals surface area contributed by atoms with Crippen LogP contribution in [-0.2, 0) is 4.79 Å². The molecule has 0 unspecified atom stereocenters. The lowest BCUT2D eigenvalue weighted by Gasteiger charge is -2.04. The zero-order valence-electron chi connectivity index (χ0n) is 10.4. The summed E-state index contributed by atoms with van der Waals surface area (Å²) >= 11 is 1.29. The molecule has 0 spiro atoms. The van der Waals surface area contributed by atoms with Gasteiger partial charge in [-0.25, -0.2) is 0 Å². The molecule has 0 aromatic carbocycles. The Hall–Kier alpha value is -2.59. The van der Waals surface area contributed by atoms with E-state index in [4.69, 9.17) is 9.68 Å². The SMILES string of the molecule is N#Cc1ccsc1NC(=O)CCNC(=O)c1ccoc1. The molecule has 20 heavy (non-hydrogen) atoms. The van der Waals surface area contributed by atoms with Crippen LogP contribution in [0.3, 0.4) is 0 Å². The van der Waals surface area contributed by atoms with Crippen molar-refractivity contribution in [1.82, 2.24) is 5.32 Å². The number of thiophene rings is 1. The van der Waals surface area contributed by atoms with Crippen LogP contribution in [0.15, 0.2) is 34.5 Å². The summed E-state index contributed by atoms with van der Waals surface area (Å²) in [6, 6.07) is 5.17. The van der Waals surface area contributed by atoms with Crippen LogP contribution >= 0.6 is 11.3 Å². The molecule has 0 bridgehead atoms. The van der Waals surface area contributed by atoms with Crippen molar-refractivity contribution in [2.24, 2.45) is 0 Å². The molecular formula is C13H11N3O3S. The Morgan fingerprint density at radius 3 is 2.95 bits per heavy atom. The number of carbonyl (C=O) groups excluding carboxylic acids is 2. The molecule has 2 aromatic heterocycles. The molecule has 0 radical (unpaired) electrons. The molecule has 102 valence electrons. The molecule has 0 aliphatic carbocycles. The monoisotopic (exact) mass is 289 g/mol. The van der Waals surface area contributed by atoms with Gasteiger partial charge in [0.05, 0.1) is 17.4 Å². The summed E-state index contributed by atoms with van der Waals surface area (Å²) in [4.78, 5) is 23.2. The highest BCUT2D eigenvalue weighted by atomic mass is 32.1. The fourth-order valence-corrected chi connectivity index (χ4v) is 2.22. The van der Waals surface area contributed by atoms with E-state index in [0.29, 0.717) is 16.1 Å². The zero-order chi connectivity index (χ0) is 14.4. The summed E-state index contributed by atoms with van der Waals surface area (Å²) in [5.41, 5.74) is 0.848. The Bertz CT molecular complexity index is 640. The first-order valence-corrected chi connectivity index (χ1v) is 6.66. The van der Waals surface area contributed by atoms with Gasteiger partial charge in [0.15, 0.2) is 0 Å². The van der Waals surface area contributed by atoms with Crippen molar-refractivity contribution in [3.8, 4) is 6.07 Å². The largest absolute Gasteiger partial charge is 0.472 e. The molecule has 2 aromatic rings. The van der Waals surface area contributed by atoms with E-state index >= 15 is 0 Å². The molecule has 0 aliphatic rings. The number of amides is 2. The first-order chi connectivity index (χ1) is 9.70. The number of anilines is 1. The molecule has 7 heteroatoms. The molecule has 0 saturated carbocycles. The van der Waals surface area contributed by atoms with E-state index in [9.17, 15) is 9.59 Å². The molecular weight excluding hydrogens is 278 g/mol. The third-order valence-corrected chi connectivity index (χ3v) is 3.29. The molecule has 6 nitrogen and oxygen atoms in total. The smallest absolute Gasteiger partial charge is 0.254 e. The number of rotatable bonds is 5. The Kier molecular flexibility index (Phi) is 4.52. The van der Waals surface area contributed by atoms with Gasteiger partial charge in [0.1, 0.15) is 17.3 Å². The maximum absolute atomic E-state index is 11.7. The minimum atomic E-state index is -0.291. The molecule has 0 saturated heterocycles. The number of carbonyl (C=O) groups is 2. The van der Waals surface area contributed by atoms with Gasteiger partial charge in [-0.2, -0.15) is 5.26 Å². The molecule has 2 heterocycles. The van der Waals surface area contributed by atoms with Crippen LogP contribution in [0.2, 0.25) is 0 Å². The molecule has 0 atom stereocenters. The van der Waals surface area contributed by atoms with Gasteiger partial charge in [-0.1, -0.05) is 0 Å². The van der Waals surface area contributed by atoms with Crippen LogP contribution in [0, 0.1) is 11.3 Å². The third kappa shape index (κ3) is 3.46. The van der Waals surface area contributed by atoms with Crippen LogP contribution in [0.5, 0.6) is 0 Å². The fourth-order valence-electron chi connectivity index (χ4n) is 1.47. The lowest BCUT2D eigenvalue weighted by atomic mass is 10.3. The van der Waals surface area contributed by atoms with E-state index in [1.54, 1.807) is 17.5 Å². The van der Waals surface area contributed by atoms with Crippen LogP contribution < -0.4 is 10.6 Å². The van der Waals surface area contributed by atoms with Gasteiger partial charge in [0, 0.05) is 13.0 Å². The van der Waals surface area contributed by atoms with Crippen molar-refractivity contribution in [2.75, 3.05) is 11.9 Å². The molecule has 2 rings (SSSR count). The maximum atomic E-state index is 11.7. The van der Waals surface area contributed by atoms with Crippen molar-refractivity contribution in [3.05, 3.63) is 41.2 Å². The Labute approximate surface area is 119 Å². The highest BCUT2D eigenvalue weighted by Crippen LogP contribution is 2.22. The topological polar surface area (TPSA) is 95.1 Å². The molecule has 2 N–H and O–H groups in total. The van der Waals surface area contributed by atoms with Gasteiger partial charge >= 0.3 is 0 Å². The van der Waals surface area contributed by atoms with Crippen LogP contribution in [-0.4, -0.2) is 18.4 Å². The van der Waals surface area contributed by atoms with E-state index < -0.39 is 0 Å². The van der Waals surface area contributed by atoms with Crippen molar-refractivity contribution in [1.29, 1.82) is 5.26 Å². The van der Waals surface area contributed by atoms with Crippen LogP contribution in [0.1, 0.15) is 22.3 Å². The van der Waals surface area contributed by atoms with Gasteiger partial charge in [0.2, 0.25) is 5.91 Å². The zero-order valence-corrected chi connectivity index (χ0v) is 11.2. The van der Waals surface area contributed by atoms with Gasteiger partial charge in [-0.15, -0.1) is 11.3 Å². The second-order valence-corrected chi connectivity index (χ2v) is 4.76. The van der Waals surface area contributed by atoms with E-state index in [2.05, 4.69) is 10.6 Å². The van der Waals surface area contributed by atoms with E-state index in [1.165, 1.54) is 23.9 Å². The van der Waals surface area contributed by atoms with Gasteiger partial charge < -0.3 is 15.1 Å². The van der Waals surface area contributed by atoms with E-state index in [0.717, 1.165) is 0 Å². The number of nitrogens with zero attached hydrogens (tertiary/aromatic N) is 1. The number of nitrogens with one attached hydrogen (secondary N) is 2. The van der Waals surface area contributed by atoms with Crippen molar-refractivity contribution < 1.29 is 14.0 Å². The first kappa shape index (κ1) is 13.8. The van der Waals surface area contributed by atoms with Gasteiger partial charge in [-0.05, 0) is 17.5 Å². The number of hydrogen-bond donors (Lipinski definition) is 2. The Morgan fingerprint density at radius 2 is 2.25 bits per heavy atom. The highest BCUT2D eigenvalue weighted by molar-refractivity contribution is 7.14. The molecule has 0 fully saturated rings. The fraction of sp³-hybridized carbons (Fsp3) is 0.154. The average molecular weight is 289 g/mol. The summed E-state index contributed by atoms with van der Waals surface area (Å²) in [6.07, 6.45) is 2.87. The quantitative estimate of drug-likeness (QED) is 0.879. The second-order valence-electron chi connectivity index (χ2n) is 3.84. The Morgan fingerprint density at radius 1 is 1.40 bits per heavy atom. The van der Waals surface area contributed by atoms with Crippen LogP contribution in [0.25, 0.3) is 0 Å². The second kappa shape index (κ2) is 6.54. The standard InChI is InChI=1S/C13H11N3O3S/c14-7-9-3-6-20-13(9)16-11(17)1-4-15-12(18)10-2-5-19-8-10/h2-3,5-6,8H,1,4H2,(H,15,18)(H,16,17). The minimum absolute atomic E-state index is 0.131. The van der Waals surface area contributed by atoms with Gasteiger partial charge in [-0.3, -0.25) is 9.59 Å². The first-order valence-electron chi connectivity index (χ1n) is 5.78. The highest BCUT2D eigenvalue weighted by Gasteiger charge is 2.10. The predicted octanol–water partition coefficient (Wildman–Crippen LogP) is 1.97. The summed E-state index contributed by atoms with van der Waals surface area (Å²) in [7, 11) is 0. The van der Waals surface area contributed by atoms with Crippen molar-refractivity contribution in [2.45, 2.75) is 6.42 Å².